The van der Waals surface area contributed by atoms with Gasteiger partial charge in [-0.25, -0.2) is 0 Å². The third kappa shape index (κ3) is 4.55. The Hall–Kier alpha value is -2.57. The number of halogens is 2. The van der Waals surface area contributed by atoms with E-state index in [4.69, 9.17) is 27.9 Å². The monoisotopic (exact) mass is 458 g/mol. The molecule has 0 atom stereocenters. The van der Waals surface area contributed by atoms with Gasteiger partial charge < -0.3 is 9.64 Å². The molecule has 4 rings (SSSR count). The molecule has 0 unspecified atom stereocenters. The Morgan fingerprint density at radius 1 is 1.19 bits per heavy atom. The molecule has 0 saturated carbocycles. The maximum absolute atomic E-state index is 13.0. The number of benzene rings is 1. The van der Waals surface area contributed by atoms with Crippen molar-refractivity contribution in [3.63, 3.8) is 0 Å². The van der Waals surface area contributed by atoms with Crippen molar-refractivity contribution >= 4 is 34.7 Å². The van der Waals surface area contributed by atoms with Crippen LogP contribution < -0.4 is 9.64 Å². The van der Waals surface area contributed by atoms with Crippen molar-refractivity contribution in [1.29, 1.82) is 0 Å². The number of carbonyl (C=O) groups is 1. The highest BCUT2D eigenvalue weighted by molar-refractivity contribution is 6.33. The molecule has 1 aromatic carbocycles. The molecule has 6 nitrogen and oxygen atoms in total. The van der Waals surface area contributed by atoms with Crippen molar-refractivity contribution in [2.75, 3.05) is 25.1 Å². The summed E-state index contributed by atoms with van der Waals surface area (Å²) >= 11 is 12.6. The molecule has 1 aliphatic rings. The molecule has 8 heteroatoms. The first-order valence-corrected chi connectivity index (χ1v) is 11.0. The lowest BCUT2D eigenvalue weighted by Crippen LogP contribution is -2.37. The Balaban J connectivity index is 1.41. The Kier molecular flexibility index (Phi) is 6.49. The summed E-state index contributed by atoms with van der Waals surface area (Å²) in [5.41, 5.74) is 3.15. The first-order valence-electron chi connectivity index (χ1n) is 10.2. The van der Waals surface area contributed by atoms with Crippen LogP contribution in [-0.4, -0.2) is 40.7 Å². The number of anilines is 1. The molecule has 1 aliphatic heterocycles. The van der Waals surface area contributed by atoms with Crippen molar-refractivity contribution in [2.24, 2.45) is 5.92 Å². The molecule has 0 bridgehead atoms. The average molecular weight is 459 g/mol. The second kappa shape index (κ2) is 9.28. The minimum atomic E-state index is 0.00567. The summed E-state index contributed by atoms with van der Waals surface area (Å²) in [7, 11) is 1.61. The van der Waals surface area contributed by atoms with Crippen molar-refractivity contribution in [2.45, 2.75) is 26.3 Å². The summed E-state index contributed by atoms with van der Waals surface area (Å²) in [6.07, 6.45) is 3.30. The Morgan fingerprint density at radius 2 is 1.97 bits per heavy atom. The minimum absolute atomic E-state index is 0.00567. The molecule has 0 spiro atoms. The van der Waals surface area contributed by atoms with E-state index < -0.39 is 0 Å². The molecule has 162 valence electrons. The predicted octanol–water partition coefficient (Wildman–Crippen LogP) is 5.05. The van der Waals surface area contributed by atoms with Crippen LogP contribution in [0.1, 0.15) is 18.5 Å². The van der Waals surface area contributed by atoms with E-state index in [1.807, 2.05) is 43.3 Å². The van der Waals surface area contributed by atoms with E-state index in [0.29, 0.717) is 27.2 Å². The van der Waals surface area contributed by atoms with Gasteiger partial charge in [0.05, 0.1) is 28.5 Å². The maximum Gasteiger partial charge on any atom is 0.157 e. The fourth-order valence-electron chi connectivity index (χ4n) is 3.93. The smallest absolute Gasteiger partial charge is 0.157 e. The van der Waals surface area contributed by atoms with Gasteiger partial charge in [0.25, 0.3) is 0 Å². The summed E-state index contributed by atoms with van der Waals surface area (Å²) in [5.74, 6) is 0.849. The molecular formula is C23H24Cl2N4O2. The van der Waals surface area contributed by atoms with Crippen molar-refractivity contribution < 1.29 is 9.53 Å². The average Bonchev–Trinajstić information content (AvgIpc) is 3.08. The molecule has 2 aromatic heterocycles. The van der Waals surface area contributed by atoms with Crippen LogP contribution in [0.2, 0.25) is 10.0 Å². The molecule has 1 saturated heterocycles. The van der Waals surface area contributed by atoms with Gasteiger partial charge in [0.15, 0.2) is 5.78 Å². The van der Waals surface area contributed by atoms with Crippen LogP contribution in [0, 0.1) is 12.8 Å². The zero-order chi connectivity index (χ0) is 22.0. The zero-order valence-corrected chi connectivity index (χ0v) is 19.0. The quantitative estimate of drug-likeness (QED) is 0.516. The van der Waals surface area contributed by atoms with E-state index in [1.54, 1.807) is 18.0 Å². The molecule has 3 heterocycles. The number of methoxy groups -OCH3 is 1. The summed E-state index contributed by atoms with van der Waals surface area (Å²) in [6, 6.07) is 11.4. The second-order valence-electron chi connectivity index (χ2n) is 7.67. The predicted molar refractivity (Wildman–Crippen MR) is 123 cm³/mol. The number of ether oxygens (including phenoxy) is 1. The van der Waals surface area contributed by atoms with Gasteiger partial charge in [0.1, 0.15) is 18.0 Å². The number of carbonyl (C=O) groups excluding carboxylic acids is 1. The highest BCUT2D eigenvalue weighted by atomic mass is 35.5. The molecule has 0 radical (unpaired) electrons. The molecular weight excluding hydrogens is 435 g/mol. The fraction of sp³-hybridized carbons (Fsp3) is 0.348. The number of ketones is 1. The molecule has 3 aromatic rings. The van der Waals surface area contributed by atoms with Crippen LogP contribution >= 0.6 is 23.2 Å². The SMILES string of the molecule is COc1cc(N2CCC(C(=O)Cn3nc(-c4ccccn4)c(Cl)c3C)CC2)ccc1Cl. The van der Waals surface area contributed by atoms with E-state index in [0.717, 1.165) is 37.3 Å². The summed E-state index contributed by atoms with van der Waals surface area (Å²) in [5, 5.41) is 5.70. The van der Waals surface area contributed by atoms with Crippen molar-refractivity contribution in [3.8, 4) is 17.1 Å². The number of Topliss-reactive ketones (excluding diaryl/α,β-unsaturated/α-hetero) is 1. The third-order valence-corrected chi connectivity index (χ3v) is 6.56. The number of rotatable bonds is 6. The molecule has 0 amide bonds. The number of hydrogen-bond donors (Lipinski definition) is 0. The Bertz CT molecular complexity index is 1080. The molecule has 0 aliphatic carbocycles. The van der Waals surface area contributed by atoms with E-state index >= 15 is 0 Å². The lowest BCUT2D eigenvalue weighted by molar-refractivity contribution is -0.124. The number of nitrogens with zero attached hydrogens (tertiary/aromatic N) is 4. The summed E-state index contributed by atoms with van der Waals surface area (Å²) in [4.78, 5) is 19.6. The van der Waals surface area contributed by atoms with Gasteiger partial charge in [-0.2, -0.15) is 5.10 Å². The normalized spacial score (nSPS) is 14.6. The number of hydrogen-bond acceptors (Lipinski definition) is 5. The standard InChI is InChI=1S/C23H24Cl2N4O2/c1-15-22(25)23(19-5-3-4-10-26-19)27-29(15)14-20(30)16-8-11-28(12-9-16)17-6-7-18(24)21(13-17)31-2/h3-7,10,13,16H,8-9,11-12,14H2,1-2H3. The van der Waals surface area contributed by atoms with Gasteiger partial charge in [0, 0.05) is 37.0 Å². The van der Waals surface area contributed by atoms with Crippen molar-refractivity contribution in [3.05, 3.63) is 58.3 Å². The topological polar surface area (TPSA) is 60.2 Å². The van der Waals surface area contributed by atoms with Gasteiger partial charge in [-0.3, -0.25) is 14.5 Å². The second-order valence-corrected chi connectivity index (χ2v) is 8.45. The lowest BCUT2D eigenvalue weighted by Gasteiger charge is -2.33. The van der Waals surface area contributed by atoms with E-state index in [9.17, 15) is 4.79 Å². The summed E-state index contributed by atoms with van der Waals surface area (Å²) in [6.45, 7) is 3.71. The Morgan fingerprint density at radius 3 is 2.65 bits per heavy atom. The van der Waals surface area contributed by atoms with Crippen LogP contribution in [0.15, 0.2) is 42.6 Å². The summed E-state index contributed by atoms with van der Waals surface area (Å²) < 4.78 is 7.02. The lowest BCUT2D eigenvalue weighted by atomic mass is 9.92. The van der Waals surface area contributed by atoms with E-state index in [1.165, 1.54) is 0 Å². The largest absolute Gasteiger partial charge is 0.495 e. The molecule has 1 fully saturated rings. The molecule has 31 heavy (non-hydrogen) atoms. The third-order valence-electron chi connectivity index (χ3n) is 5.80. The first kappa shape index (κ1) is 21.7. The maximum atomic E-state index is 13.0. The van der Waals surface area contributed by atoms with Gasteiger partial charge in [-0.05, 0) is 44.0 Å². The van der Waals surface area contributed by atoms with Crippen LogP contribution in [0.5, 0.6) is 5.75 Å². The van der Waals surface area contributed by atoms with E-state index in [2.05, 4.69) is 15.0 Å². The van der Waals surface area contributed by atoms with Crippen LogP contribution in [0.25, 0.3) is 11.4 Å². The number of piperidine rings is 1. The minimum Gasteiger partial charge on any atom is -0.495 e. The van der Waals surface area contributed by atoms with Gasteiger partial charge in [0.2, 0.25) is 0 Å². The van der Waals surface area contributed by atoms with E-state index in [-0.39, 0.29) is 18.2 Å². The molecule has 0 N–H and O–H groups in total. The highest BCUT2D eigenvalue weighted by Crippen LogP contribution is 2.32. The van der Waals surface area contributed by atoms with Gasteiger partial charge in [-0.15, -0.1) is 0 Å². The van der Waals surface area contributed by atoms with Crippen molar-refractivity contribution in [1.82, 2.24) is 14.8 Å². The zero-order valence-electron chi connectivity index (χ0n) is 17.5. The van der Waals surface area contributed by atoms with Crippen LogP contribution in [-0.2, 0) is 11.3 Å². The first-order chi connectivity index (χ1) is 15.0. The highest BCUT2D eigenvalue weighted by Gasteiger charge is 2.27. The van der Waals surface area contributed by atoms with Gasteiger partial charge >= 0.3 is 0 Å². The van der Waals surface area contributed by atoms with Crippen LogP contribution in [0.4, 0.5) is 5.69 Å². The fourth-order valence-corrected chi connectivity index (χ4v) is 4.35. The number of pyridine rings is 1. The van der Waals surface area contributed by atoms with Crippen LogP contribution in [0.3, 0.4) is 0 Å². The number of aromatic nitrogens is 3. The van der Waals surface area contributed by atoms with Gasteiger partial charge in [-0.1, -0.05) is 29.3 Å². The Labute approximate surface area is 191 Å².